The van der Waals surface area contributed by atoms with Crippen molar-refractivity contribution in [2.45, 2.75) is 34.2 Å². The van der Waals surface area contributed by atoms with Gasteiger partial charge in [-0.3, -0.25) is 0 Å². The molecular formula is C12H17N5OS3. The lowest BCUT2D eigenvalue weighted by Crippen LogP contribution is -2.05. The fourth-order valence-corrected chi connectivity index (χ4v) is 3.87. The molecule has 0 aliphatic carbocycles. The Morgan fingerprint density at radius 2 is 2.05 bits per heavy atom. The van der Waals surface area contributed by atoms with Gasteiger partial charge < -0.3 is 10.1 Å². The van der Waals surface area contributed by atoms with Crippen molar-refractivity contribution in [3.8, 4) is 0 Å². The molecule has 0 bridgehead atoms. The Morgan fingerprint density at radius 1 is 1.24 bits per heavy atom. The summed E-state index contributed by atoms with van der Waals surface area (Å²) in [6.45, 7) is 5.85. The lowest BCUT2D eigenvalue weighted by Gasteiger charge is -2.07. The predicted octanol–water partition coefficient (Wildman–Crippen LogP) is 3.17. The third-order valence-corrected chi connectivity index (χ3v) is 5.16. The van der Waals surface area contributed by atoms with E-state index in [1.165, 1.54) is 11.8 Å². The van der Waals surface area contributed by atoms with Gasteiger partial charge >= 0.3 is 0 Å². The predicted molar refractivity (Wildman–Crippen MR) is 87.3 cm³/mol. The quantitative estimate of drug-likeness (QED) is 0.579. The summed E-state index contributed by atoms with van der Waals surface area (Å²) in [4.78, 5) is 8.93. The molecule has 0 spiro atoms. The highest BCUT2D eigenvalue weighted by molar-refractivity contribution is 8.02. The molecule has 0 aliphatic heterocycles. The molecule has 2 heterocycles. The summed E-state index contributed by atoms with van der Waals surface area (Å²) in [6, 6.07) is 1.92. The first-order chi connectivity index (χ1) is 10.2. The minimum atomic E-state index is 0.412. The second kappa shape index (κ2) is 8.52. The number of ether oxygens (including phenoxy) is 1. The zero-order chi connectivity index (χ0) is 15.1. The Labute approximate surface area is 136 Å². The highest BCUT2D eigenvalue weighted by Crippen LogP contribution is 2.32. The molecule has 0 unspecified atom stereocenters. The van der Waals surface area contributed by atoms with Gasteiger partial charge in [0.2, 0.25) is 0 Å². The van der Waals surface area contributed by atoms with Crippen LogP contribution in [0.1, 0.15) is 19.7 Å². The van der Waals surface area contributed by atoms with Gasteiger partial charge in [0, 0.05) is 19.2 Å². The number of rotatable bonds is 8. The maximum absolute atomic E-state index is 5.39. The monoisotopic (exact) mass is 343 g/mol. The van der Waals surface area contributed by atoms with E-state index in [1.807, 2.05) is 26.2 Å². The van der Waals surface area contributed by atoms with Crippen molar-refractivity contribution in [1.82, 2.24) is 20.2 Å². The molecule has 2 aromatic heterocycles. The molecular weight excluding hydrogens is 326 g/mol. The molecule has 0 fully saturated rings. The molecule has 0 aliphatic rings. The van der Waals surface area contributed by atoms with Gasteiger partial charge in [0.05, 0.1) is 0 Å². The molecule has 0 atom stereocenters. The van der Waals surface area contributed by atoms with E-state index in [1.54, 1.807) is 23.1 Å². The second-order valence-corrected chi connectivity index (χ2v) is 7.11. The standard InChI is InChI=1S/C12H17N5OS3/c1-4-13-8-6-10(15-9(14-8)7-18-5-2)20-12-17-16-11(19-3)21-12/h6H,4-5,7H2,1-3H3,(H,13,14,15). The van der Waals surface area contributed by atoms with Crippen molar-refractivity contribution in [1.29, 1.82) is 0 Å². The number of aromatic nitrogens is 4. The number of hydrogen-bond acceptors (Lipinski definition) is 9. The van der Waals surface area contributed by atoms with Crippen molar-refractivity contribution < 1.29 is 4.74 Å². The second-order valence-electron chi connectivity index (χ2n) is 3.82. The number of thioether (sulfide) groups is 1. The van der Waals surface area contributed by atoms with Crippen LogP contribution in [0.25, 0.3) is 0 Å². The molecule has 21 heavy (non-hydrogen) atoms. The molecule has 0 amide bonds. The van der Waals surface area contributed by atoms with E-state index in [0.717, 1.165) is 26.1 Å². The van der Waals surface area contributed by atoms with Crippen LogP contribution in [0.3, 0.4) is 0 Å². The first kappa shape index (κ1) is 16.5. The average molecular weight is 344 g/mol. The van der Waals surface area contributed by atoms with Gasteiger partial charge in [0.1, 0.15) is 17.5 Å². The first-order valence-corrected chi connectivity index (χ1v) is 9.35. The number of anilines is 1. The molecule has 0 saturated carbocycles. The summed E-state index contributed by atoms with van der Waals surface area (Å²) in [5.74, 6) is 1.48. The van der Waals surface area contributed by atoms with Crippen LogP contribution in [-0.2, 0) is 11.3 Å². The topological polar surface area (TPSA) is 72.8 Å². The van der Waals surface area contributed by atoms with E-state index in [4.69, 9.17) is 4.74 Å². The fourth-order valence-electron chi connectivity index (χ4n) is 1.46. The summed E-state index contributed by atoms with van der Waals surface area (Å²) >= 11 is 4.65. The van der Waals surface area contributed by atoms with E-state index in [-0.39, 0.29) is 0 Å². The third-order valence-electron chi connectivity index (χ3n) is 2.30. The zero-order valence-electron chi connectivity index (χ0n) is 12.1. The molecule has 2 rings (SSSR count). The van der Waals surface area contributed by atoms with Crippen molar-refractivity contribution in [3.05, 3.63) is 11.9 Å². The van der Waals surface area contributed by atoms with E-state index in [9.17, 15) is 0 Å². The largest absolute Gasteiger partial charge is 0.374 e. The van der Waals surface area contributed by atoms with Crippen LogP contribution < -0.4 is 5.32 Å². The summed E-state index contributed by atoms with van der Waals surface area (Å²) in [7, 11) is 0. The van der Waals surface area contributed by atoms with Crippen LogP contribution in [0.15, 0.2) is 19.8 Å². The van der Waals surface area contributed by atoms with Crippen LogP contribution in [-0.4, -0.2) is 39.6 Å². The summed E-state index contributed by atoms with van der Waals surface area (Å²) in [5.41, 5.74) is 0. The molecule has 2 aromatic rings. The van der Waals surface area contributed by atoms with Gasteiger partial charge in [-0.15, -0.1) is 10.2 Å². The van der Waals surface area contributed by atoms with Gasteiger partial charge in [0.25, 0.3) is 0 Å². The molecule has 0 radical (unpaired) electrons. The highest BCUT2D eigenvalue weighted by Gasteiger charge is 2.10. The lowest BCUT2D eigenvalue weighted by molar-refractivity contribution is 0.128. The highest BCUT2D eigenvalue weighted by atomic mass is 32.2. The SMILES string of the molecule is CCNc1cc(Sc2nnc(SC)s2)nc(COCC)n1. The minimum Gasteiger partial charge on any atom is -0.374 e. The molecule has 114 valence electrons. The van der Waals surface area contributed by atoms with Crippen molar-refractivity contribution >= 4 is 40.7 Å². The Morgan fingerprint density at radius 3 is 2.71 bits per heavy atom. The van der Waals surface area contributed by atoms with Crippen LogP contribution in [0.4, 0.5) is 5.82 Å². The molecule has 0 saturated heterocycles. The Bertz CT molecular complexity index is 578. The van der Waals surface area contributed by atoms with Crippen molar-refractivity contribution in [2.24, 2.45) is 0 Å². The van der Waals surface area contributed by atoms with E-state index < -0.39 is 0 Å². The van der Waals surface area contributed by atoms with Crippen LogP contribution in [0.5, 0.6) is 0 Å². The molecule has 1 N–H and O–H groups in total. The average Bonchev–Trinajstić information content (AvgIpc) is 2.93. The maximum atomic E-state index is 5.39. The third kappa shape index (κ3) is 5.10. The zero-order valence-corrected chi connectivity index (χ0v) is 14.6. The first-order valence-electron chi connectivity index (χ1n) is 6.50. The summed E-state index contributed by atoms with van der Waals surface area (Å²) < 4.78 is 7.22. The Balaban J connectivity index is 2.17. The minimum absolute atomic E-state index is 0.412. The van der Waals surface area contributed by atoms with Crippen LogP contribution >= 0.6 is 34.9 Å². The smallest absolute Gasteiger partial charge is 0.181 e. The van der Waals surface area contributed by atoms with Crippen LogP contribution in [0, 0.1) is 0 Å². The summed E-state index contributed by atoms with van der Waals surface area (Å²) in [6.07, 6.45) is 1.99. The van der Waals surface area contributed by atoms with Crippen LogP contribution in [0.2, 0.25) is 0 Å². The van der Waals surface area contributed by atoms with Gasteiger partial charge in [-0.25, -0.2) is 9.97 Å². The van der Waals surface area contributed by atoms with Crippen molar-refractivity contribution in [3.63, 3.8) is 0 Å². The van der Waals surface area contributed by atoms with E-state index in [2.05, 4.69) is 25.5 Å². The van der Waals surface area contributed by atoms with Gasteiger partial charge in [-0.1, -0.05) is 23.1 Å². The molecule has 0 aromatic carbocycles. The summed E-state index contributed by atoms with van der Waals surface area (Å²) in [5, 5.41) is 12.3. The lowest BCUT2D eigenvalue weighted by atomic mass is 10.5. The normalized spacial score (nSPS) is 10.8. The van der Waals surface area contributed by atoms with Gasteiger partial charge in [0.15, 0.2) is 14.5 Å². The van der Waals surface area contributed by atoms with Crippen molar-refractivity contribution in [2.75, 3.05) is 24.7 Å². The van der Waals surface area contributed by atoms with E-state index >= 15 is 0 Å². The van der Waals surface area contributed by atoms with Gasteiger partial charge in [-0.05, 0) is 31.9 Å². The fraction of sp³-hybridized carbons (Fsp3) is 0.500. The Hall–Kier alpha value is -0.900. The van der Waals surface area contributed by atoms with E-state index in [0.29, 0.717) is 19.0 Å². The maximum Gasteiger partial charge on any atom is 0.181 e. The molecule has 6 nitrogen and oxygen atoms in total. The number of nitrogens with one attached hydrogen (secondary N) is 1. The molecule has 9 heteroatoms. The number of hydrogen-bond donors (Lipinski definition) is 1. The number of nitrogens with zero attached hydrogens (tertiary/aromatic N) is 4. The Kier molecular flexibility index (Phi) is 6.68. The van der Waals surface area contributed by atoms with Gasteiger partial charge in [-0.2, -0.15) is 0 Å².